The van der Waals surface area contributed by atoms with E-state index in [1.807, 2.05) is 33.8 Å². The second-order valence-corrected chi connectivity index (χ2v) is 9.17. The van der Waals surface area contributed by atoms with Crippen molar-refractivity contribution in [1.29, 1.82) is 0 Å². The van der Waals surface area contributed by atoms with Crippen molar-refractivity contribution in [2.45, 2.75) is 90.9 Å². The first-order valence-corrected chi connectivity index (χ1v) is 11.2. The lowest BCUT2D eigenvalue weighted by Crippen LogP contribution is -2.29. The number of hydrogen-bond acceptors (Lipinski definition) is 3. The molecule has 0 unspecified atom stereocenters. The second kappa shape index (κ2) is 11.6. The third kappa shape index (κ3) is 7.32. The van der Waals surface area contributed by atoms with Gasteiger partial charge in [-0.15, -0.1) is 11.8 Å². The number of allylic oxidation sites excluding steroid dienone is 2. The van der Waals surface area contributed by atoms with Gasteiger partial charge < -0.3 is 15.5 Å². The molecule has 0 spiro atoms. The first kappa shape index (κ1) is 23.7. The van der Waals surface area contributed by atoms with Gasteiger partial charge in [0.25, 0.3) is 0 Å². The van der Waals surface area contributed by atoms with Crippen molar-refractivity contribution >= 4 is 5.91 Å². The molecule has 0 heterocycles. The van der Waals surface area contributed by atoms with Crippen molar-refractivity contribution in [1.82, 2.24) is 5.32 Å². The third-order valence-electron chi connectivity index (χ3n) is 6.32. The summed E-state index contributed by atoms with van der Waals surface area (Å²) in [6.07, 6.45) is 11.4. The summed E-state index contributed by atoms with van der Waals surface area (Å²) in [5.41, 5.74) is 1.47. The Morgan fingerprint density at radius 1 is 1.31 bits per heavy atom. The van der Waals surface area contributed by atoms with E-state index >= 15 is 0 Å². The molecule has 1 amide bonds. The van der Waals surface area contributed by atoms with Crippen LogP contribution in [-0.2, 0) is 4.79 Å². The van der Waals surface area contributed by atoms with Crippen molar-refractivity contribution in [2.75, 3.05) is 0 Å². The van der Waals surface area contributed by atoms with Crippen LogP contribution in [0.5, 0.6) is 0 Å². The molecule has 0 bridgehead atoms. The Hall–Kier alpha value is -1.57. The third-order valence-corrected chi connectivity index (χ3v) is 6.32. The summed E-state index contributed by atoms with van der Waals surface area (Å²) in [6.45, 7) is 7.78. The highest BCUT2D eigenvalue weighted by Crippen LogP contribution is 2.50. The number of aliphatic hydroxyl groups excluding tert-OH is 2. The molecule has 0 aromatic heterocycles. The smallest absolute Gasteiger partial charge is 0.220 e. The van der Waals surface area contributed by atoms with Crippen LogP contribution in [-0.4, -0.2) is 34.4 Å². The molecular weight excluding hydrogens is 362 g/mol. The minimum absolute atomic E-state index is 0.0972. The first-order valence-electron chi connectivity index (χ1n) is 11.2. The van der Waals surface area contributed by atoms with E-state index in [1.165, 1.54) is 5.57 Å². The van der Waals surface area contributed by atoms with Gasteiger partial charge in [-0.1, -0.05) is 30.7 Å². The van der Waals surface area contributed by atoms with Crippen molar-refractivity contribution < 1.29 is 15.0 Å². The largest absolute Gasteiger partial charge is 0.392 e. The Kier molecular flexibility index (Phi) is 9.46. The molecule has 0 saturated heterocycles. The Bertz CT molecular complexity index is 655. The predicted octanol–water partition coefficient (Wildman–Crippen LogP) is 3.98. The summed E-state index contributed by atoms with van der Waals surface area (Å²) in [5.74, 6) is 7.26. The number of nitrogens with one attached hydrogen (secondary N) is 1. The van der Waals surface area contributed by atoms with Crippen LogP contribution in [0.25, 0.3) is 0 Å². The number of carbonyl (C=O) groups excluding carboxylic acids is 1. The minimum Gasteiger partial charge on any atom is -0.392 e. The molecule has 4 heteroatoms. The number of rotatable bonds is 9. The Balaban J connectivity index is 1.83. The van der Waals surface area contributed by atoms with Crippen molar-refractivity contribution in [3.05, 3.63) is 23.8 Å². The lowest BCUT2D eigenvalue weighted by atomic mass is 9.89. The molecule has 6 atom stereocenters. The van der Waals surface area contributed by atoms with E-state index in [9.17, 15) is 15.0 Å². The zero-order valence-electron chi connectivity index (χ0n) is 18.5. The van der Waals surface area contributed by atoms with E-state index in [0.717, 1.165) is 32.1 Å². The molecule has 0 aromatic carbocycles. The van der Waals surface area contributed by atoms with Crippen LogP contribution in [0, 0.1) is 35.5 Å². The van der Waals surface area contributed by atoms with E-state index < -0.39 is 6.10 Å². The van der Waals surface area contributed by atoms with E-state index in [4.69, 9.17) is 0 Å². The average molecular weight is 402 g/mol. The van der Waals surface area contributed by atoms with Gasteiger partial charge in [0.2, 0.25) is 5.91 Å². The van der Waals surface area contributed by atoms with Gasteiger partial charge >= 0.3 is 0 Å². The number of amides is 1. The van der Waals surface area contributed by atoms with E-state index in [-0.39, 0.29) is 29.9 Å². The van der Waals surface area contributed by atoms with Crippen LogP contribution in [0.2, 0.25) is 0 Å². The molecule has 2 saturated carbocycles. The predicted molar refractivity (Wildman–Crippen MR) is 118 cm³/mol. The highest BCUT2D eigenvalue weighted by Gasteiger charge is 2.44. The number of aliphatic hydroxyl groups is 2. The lowest BCUT2D eigenvalue weighted by Gasteiger charge is -2.19. The monoisotopic (exact) mass is 401 g/mol. The Labute approximate surface area is 176 Å². The Morgan fingerprint density at radius 3 is 2.76 bits per heavy atom. The molecule has 3 N–H and O–H groups in total. The van der Waals surface area contributed by atoms with Gasteiger partial charge in [-0.2, -0.15) is 0 Å². The van der Waals surface area contributed by atoms with Gasteiger partial charge in [0.05, 0.1) is 12.2 Å². The fourth-order valence-electron chi connectivity index (χ4n) is 4.72. The zero-order chi connectivity index (χ0) is 21.4. The quantitative estimate of drug-likeness (QED) is 0.311. The molecule has 4 nitrogen and oxygen atoms in total. The van der Waals surface area contributed by atoms with Crippen molar-refractivity contribution in [2.24, 2.45) is 23.7 Å². The zero-order valence-corrected chi connectivity index (χ0v) is 18.5. The lowest BCUT2D eigenvalue weighted by molar-refractivity contribution is -0.121. The maximum absolute atomic E-state index is 11.7. The average Bonchev–Trinajstić information content (AvgIpc) is 3.17. The topological polar surface area (TPSA) is 69.6 Å². The van der Waals surface area contributed by atoms with Crippen LogP contribution in [0.4, 0.5) is 0 Å². The van der Waals surface area contributed by atoms with E-state index in [1.54, 1.807) is 0 Å². The normalized spacial score (nSPS) is 29.7. The maximum atomic E-state index is 11.7. The van der Waals surface area contributed by atoms with Crippen LogP contribution >= 0.6 is 0 Å². The summed E-state index contributed by atoms with van der Waals surface area (Å²) in [6, 6.07) is 0.201. The molecule has 2 aliphatic carbocycles. The van der Waals surface area contributed by atoms with E-state index in [2.05, 4.69) is 29.3 Å². The Morgan fingerprint density at radius 2 is 2.07 bits per heavy atom. The number of fused-ring (bicyclic) bond motifs is 1. The van der Waals surface area contributed by atoms with Crippen LogP contribution in [0.3, 0.4) is 0 Å². The maximum Gasteiger partial charge on any atom is 0.220 e. The first-order chi connectivity index (χ1) is 13.8. The highest BCUT2D eigenvalue weighted by molar-refractivity contribution is 5.76. The van der Waals surface area contributed by atoms with Crippen LogP contribution in [0.15, 0.2) is 23.8 Å². The molecule has 0 aromatic rings. The van der Waals surface area contributed by atoms with Crippen molar-refractivity contribution in [3.8, 4) is 11.8 Å². The highest BCUT2D eigenvalue weighted by atomic mass is 16.3. The summed E-state index contributed by atoms with van der Waals surface area (Å²) < 4.78 is 0. The van der Waals surface area contributed by atoms with Crippen LogP contribution in [0.1, 0.15) is 72.6 Å². The SMILES string of the molecule is CC#CC[C@H](C)[C@H](O)C=C[C@@H]1[C@H]2CC(=CCCCC(=O)NC(C)C)C[C@H]2C[C@H]1O. The van der Waals surface area contributed by atoms with Gasteiger partial charge in [0.1, 0.15) is 0 Å². The van der Waals surface area contributed by atoms with Gasteiger partial charge in [-0.05, 0) is 70.6 Å². The number of hydrogen-bond donors (Lipinski definition) is 3. The molecular formula is C25H39NO3. The molecule has 29 heavy (non-hydrogen) atoms. The molecule has 2 aliphatic rings. The van der Waals surface area contributed by atoms with E-state index in [0.29, 0.717) is 24.7 Å². The van der Waals surface area contributed by atoms with Crippen LogP contribution < -0.4 is 5.32 Å². The van der Waals surface area contributed by atoms with Gasteiger partial charge in [-0.25, -0.2) is 0 Å². The minimum atomic E-state index is -0.518. The standard InChI is InChI=1S/C25H39NO3/c1-5-6-9-18(4)23(27)13-12-21-22-15-19(14-20(22)16-24(21)28)10-7-8-11-25(29)26-17(2)3/h10,12-13,17-18,20-24,27-28H,7-9,11,14-16H2,1-4H3,(H,26,29)/t18-,20-,21+,22-,23+,24+/m0/s1. The summed E-state index contributed by atoms with van der Waals surface area (Å²) >= 11 is 0. The second-order valence-electron chi connectivity index (χ2n) is 9.17. The molecule has 0 aliphatic heterocycles. The summed E-state index contributed by atoms with van der Waals surface area (Å²) in [7, 11) is 0. The summed E-state index contributed by atoms with van der Waals surface area (Å²) in [4.78, 5) is 11.7. The number of carbonyl (C=O) groups is 1. The van der Waals surface area contributed by atoms with Gasteiger partial charge in [0.15, 0.2) is 0 Å². The summed E-state index contributed by atoms with van der Waals surface area (Å²) in [5, 5.41) is 23.8. The number of unbranched alkanes of at least 4 members (excludes halogenated alkanes) is 1. The fraction of sp³-hybridized carbons (Fsp3) is 0.720. The fourth-order valence-corrected chi connectivity index (χ4v) is 4.72. The molecule has 0 radical (unpaired) electrons. The van der Waals surface area contributed by atoms with Crippen molar-refractivity contribution in [3.63, 3.8) is 0 Å². The molecule has 162 valence electrons. The van der Waals surface area contributed by atoms with Gasteiger partial charge in [0, 0.05) is 24.8 Å². The molecule has 2 fully saturated rings. The van der Waals surface area contributed by atoms with Gasteiger partial charge in [-0.3, -0.25) is 4.79 Å². The molecule has 2 rings (SSSR count).